The molecule has 0 bridgehead atoms. The van der Waals surface area contributed by atoms with Gasteiger partial charge in [0, 0.05) is 29.3 Å². The average Bonchev–Trinajstić information content (AvgIpc) is 3.29. The van der Waals surface area contributed by atoms with Gasteiger partial charge in [0.15, 0.2) is 0 Å². The molecule has 0 spiro atoms. The Morgan fingerprint density at radius 1 is 0.686 bits per heavy atom. The summed E-state index contributed by atoms with van der Waals surface area (Å²) in [5, 5.41) is 3.05. The normalized spacial score (nSPS) is 10.8. The predicted molar refractivity (Wildman–Crippen MR) is 147 cm³/mol. The van der Waals surface area contributed by atoms with Gasteiger partial charge in [-0.3, -0.25) is 4.79 Å². The molecule has 4 heteroatoms. The molecule has 5 aromatic rings. The number of hydrogen-bond acceptors (Lipinski definition) is 1. The number of amides is 1. The molecule has 35 heavy (non-hydrogen) atoms. The fraction of sp³-hybridized carbons (Fsp3) is 0.0645. The van der Waals surface area contributed by atoms with Gasteiger partial charge < -0.3 is 9.88 Å². The van der Waals surface area contributed by atoms with Crippen LogP contribution in [0.4, 0.5) is 0 Å². The summed E-state index contributed by atoms with van der Waals surface area (Å²) in [7, 11) is 1.92. The standard InChI is InChI=1S/C31H25BrN2O/c1-34-29(27-9-5-6-10-28(27)32)19-20-30(34)31(35)33-21-22-11-13-24(14-12-22)26-17-15-25(16-18-26)23-7-3-2-4-8-23/h2-20H,21H2,1H3,(H,33,35). The van der Waals surface area contributed by atoms with Crippen molar-refractivity contribution in [3.63, 3.8) is 0 Å². The summed E-state index contributed by atoms with van der Waals surface area (Å²) in [5.41, 5.74) is 8.48. The number of carbonyl (C=O) groups is 1. The maximum atomic E-state index is 12.9. The highest BCUT2D eigenvalue weighted by Crippen LogP contribution is 2.29. The van der Waals surface area contributed by atoms with Crippen molar-refractivity contribution in [2.75, 3.05) is 0 Å². The first-order valence-corrected chi connectivity index (χ1v) is 12.3. The molecule has 0 atom stereocenters. The van der Waals surface area contributed by atoms with Crippen LogP contribution in [-0.2, 0) is 13.6 Å². The number of benzene rings is 4. The first-order valence-electron chi connectivity index (χ1n) is 11.5. The Labute approximate surface area is 214 Å². The fourth-order valence-electron chi connectivity index (χ4n) is 4.25. The van der Waals surface area contributed by atoms with Crippen molar-refractivity contribution >= 4 is 21.8 Å². The van der Waals surface area contributed by atoms with Crippen molar-refractivity contribution < 1.29 is 4.79 Å². The molecule has 3 nitrogen and oxygen atoms in total. The second-order valence-corrected chi connectivity index (χ2v) is 9.32. The van der Waals surface area contributed by atoms with Crippen LogP contribution in [0, 0.1) is 0 Å². The third kappa shape index (κ3) is 4.98. The molecule has 1 N–H and O–H groups in total. The van der Waals surface area contributed by atoms with E-state index in [1.165, 1.54) is 16.7 Å². The maximum Gasteiger partial charge on any atom is 0.268 e. The third-order valence-corrected chi connectivity index (χ3v) is 6.93. The van der Waals surface area contributed by atoms with Gasteiger partial charge in [-0.15, -0.1) is 0 Å². The van der Waals surface area contributed by atoms with Gasteiger partial charge in [-0.25, -0.2) is 0 Å². The second-order valence-electron chi connectivity index (χ2n) is 8.47. The molecule has 0 radical (unpaired) electrons. The van der Waals surface area contributed by atoms with E-state index in [2.05, 4.69) is 94.0 Å². The van der Waals surface area contributed by atoms with Crippen LogP contribution in [0.25, 0.3) is 33.5 Å². The quantitative estimate of drug-likeness (QED) is 0.244. The molecule has 0 fully saturated rings. The van der Waals surface area contributed by atoms with Gasteiger partial charge in [-0.1, -0.05) is 113 Å². The number of rotatable bonds is 6. The fourth-order valence-corrected chi connectivity index (χ4v) is 4.74. The predicted octanol–water partition coefficient (Wildman–Crippen LogP) is 7.72. The van der Waals surface area contributed by atoms with Crippen LogP contribution in [0.3, 0.4) is 0 Å². The van der Waals surface area contributed by atoms with Gasteiger partial charge in [0.2, 0.25) is 0 Å². The first-order chi connectivity index (χ1) is 17.1. The molecule has 0 saturated carbocycles. The Kier molecular flexibility index (Phi) is 6.64. The monoisotopic (exact) mass is 520 g/mol. The minimum atomic E-state index is -0.0913. The number of hydrogen-bond donors (Lipinski definition) is 1. The summed E-state index contributed by atoms with van der Waals surface area (Å²) in [6, 6.07) is 39.2. The third-order valence-electron chi connectivity index (χ3n) is 6.24. The molecule has 0 unspecified atom stereocenters. The first kappa shape index (κ1) is 22.9. The van der Waals surface area contributed by atoms with E-state index in [4.69, 9.17) is 0 Å². The topological polar surface area (TPSA) is 34.0 Å². The van der Waals surface area contributed by atoms with E-state index in [0.29, 0.717) is 12.2 Å². The molecule has 0 saturated heterocycles. The Balaban J connectivity index is 1.24. The SMILES string of the molecule is Cn1c(C(=O)NCc2ccc(-c3ccc(-c4ccccc4)cc3)cc2)ccc1-c1ccccc1Br. The smallest absolute Gasteiger partial charge is 0.268 e. The van der Waals surface area contributed by atoms with Crippen LogP contribution in [-0.4, -0.2) is 10.5 Å². The summed E-state index contributed by atoms with van der Waals surface area (Å²) in [6.45, 7) is 0.474. The summed E-state index contributed by atoms with van der Waals surface area (Å²) in [4.78, 5) is 12.9. The highest BCUT2D eigenvalue weighted by Gasteiger charge is 2.14. The van der Waals surface area contributed by atoms with E-state index >= 15 is 0 Å². The lowest BCUT2D eigenvalue weighted by Gasteiger charge is -2.10. The van der Waals surface area contributed by atoms with Gasteiger partial charge in [-0.05, 0) is 46.0 Å². The minimum absolute atomic E-state index is 0.0913. The Hall–Kier alpha value is -3.89. The lowest BCUT2D eigenvalue weighted by molar-refractivity contribution is 0.0943. The molecule has 1 aromatic heterocycles. The van der Waals surface area contributed by atoms with E-state index in [-0.39, 0.29) is 5.91 Å². The van der Waals surface area contributed by atoms with Gasteiger partial charge >= 0.3 is 0 Å². The van der Waals surface area contributed by atoms with E-state index < -0.39 is 0 Å². The molecule has 0 aliphatic carbocycles. The lowest BCUT2D eigenvalue weighted by atomic mass is 9.99. The van der Waals surface area contributed by atoms with Crippen molar-refractivity contribution in [3.05, 3.63) is 131 Å². The lowest BCUT2D eigenvalue weighted by Crippen LogP contribution is -2.25. The zero-order valence-electron chi connectivity index (χ0n) is 19.4. The molecule has 172 valence electrons. The maximum absolute atomic E-state index is 12.9. The molecule has 1 heterocycles. The van der Waals surface area contributed by atoms with Crippen LogP contribution in [0.5, 0.6) is 0 Å². The largest absolute Gasteiger partial charge is 0.347 e. The zero-order valence-corrected chi connectivity index (χ0v) is 21.0. The van der Waals surface area contributed by atoms with E-state index in [1.54, 1.807) is 0 Å². The summed E-state index contributed by atoms with van der Waals surface area (Å²) in [6.07, 6.45) is 0. The number of halogens is 1. The Morgan fingerprint density at radius 2 is 1.23 bits per heavy atom. The molecular formula is C31H25BrN2O. The van der Waals surface area contributed by atoms with Gasteiger partial charge in [0.25, 0.3) is 5.91 Å². The summed E-state index contributed by atoms with van der Waals surface area (Å²) in [5.74, 6) is -0.0913. The van der Waals surface area contributed by atoms with Crippen molar-refractivity contribution in [3.8, 4) is 33.5 Å². The van der Waals surface area contributed by atoms with Crippen molar-refractivity contribution in [1.29, 1.82) is 0 Å². The highest BCUT2D eigenvalue weighted by atomic mass is 79.9. The zero-order chi connectivity index (χ0) is 24.2. The average molecular weight is 521 g/mol. The van der Waals surface area contributed by atoms with Gasteiger partial charge in [-0.2, -0.15) is 0 Å². The number of carbonyl (C=O) groups excluding carboxylic acids is 1. The second kappa shape index (κ2) is 10.2. The van der Waals surface area contributed by atoms with Crippen molar-refractivity contribution in [2.24, 2.45) is 7.05 Å². The van der Waals surface area contributed by atoms with Crippen molar-refractivity contribution in [2.45, 2.75) is 6.54 Å². The summed E-state index contributed by atoms with van der Waals surface area (Å²) >= 11 is 3.60. The van der Waals surface area contributed by atoms with E-state index in [0.717, 1.165) is 26.9 Å². The Morgan fingerprint density at radius 3 is 1.86 bits per heavy atom. The molecule has 5 rings (SSSR count). The Bertz CT molecular complexity index is 1450. The minimum Gasteiger partial charge on any atom is -0.347 e. The molecule has 0 aliphatic rings. The number of aromatic nitrogens is 1. The highest BCUT2D eigenvalue weighted by molar-refractivity contribution is 9.10. The van der Waals surface area contributed by atoms with Crippen molar-refractivity contribution in [1.82, 2.24) is 9.88 Å². The number of nitrogens with one attached hydrogen (secondary N) is 1. The molecular weight excluding hydrogens is 496 g/mol. The molecule has 0 aliphatic heterocycles. The van der Waals surface area contributed by atoms with Crippen LogP contribution in [0.1, 0.15) is 16.1 Å². The summed E-state index contributed by atoms with van der Waals surface area (Å²) < 4.78 is 2.93. The molecule has 4 aromatic carbocycles. The van der Waals surface area contributed by atoms with Crippen LogP contribution in [0.2, 0.25) is 0 Å². The van der Waals surface area contributed by atoms with E-state index in [1.807, 2.05) is 54.1 Å². The number of nitrogens with zero attached hydrogens (tertiary/aromatic N) is 1. The van der Waals surface area contributed by atoms with Crippen LogP contribution >= 0.6 is 15.9 Å². The molecule has 1 amide bonds. The van der Waals surface area contributed by atoms with Gasteiger partial charge in [0.05, 0.1) is 0 Å². The van der Waals surface area contributed by atoms with Crippen LogP contribution < -0.4 is 5.32 Å². The van der Waals surface area contributed by atoms with Gasteiger partial charge in [0.1, 0.15) is 5.69 Å². The van der Waals surface area contributed by atoms with E-state index in [9.17, 15) is 4.79 Å². The van der Waals surface area contributed by atoms with Crippen LogP contribution in [0.15, 0.2) is 120 Å².